The van der Waals surface area contributed by atoms with Crippen molar-refractivity contribution in [1.29, 1.82) is 10.8 Å². The van der Waals surface area contributed by atoms with E-state index in [1.165, 1.54) is 29.4 Å². The van der Waals surface area contributed by atoms with Gasteiger partial charge in [-0.05, 0) is 171 Å². The number of amides is 4. The van der Waals surface area contributed by atoms with Crippen LogP contribution in [0.15, 0.2) is 117 Å². The number of nitrogens with one attached hydrogen (secondary N) is 5. The number of fused-ring (bicyclic) bond motifs is 4. The number of aliphatic hydroxyl groups is 2. The minimum atomic E-state index is -0.863. The summed E-state index contributed by atoms with van der Waals surface area (Å²) >= 11 is 0. The molecule has 4 aromatic carbocycles. The van der Waals surface area contributed by atoms with Crippen molar-refractivity contribution in [1.82, 2.24) is 24.9 Å². The number of anilines is 2. The molecule has 8 aliphatic rings. The molecule has 2 saturated heterocycles. The molecule has 6 aliphatic heterocycles. The smallest absolute Gasteiger partial charge is 0.261 e. The van der Waals surface area contributed by atoms with E-state index in [9.17, 15) is 39.0 Å². The second kappa shape index (κ2) is 33.4. The number of Topliss-reactive ketones (excluding diaryl/α,β-unsaturated/α-hetero) is 2. The van der Waals surface area contributed by atoms with Gasteiger partial charge in [-0.25, -0.2) is 0 Å². The molecule has 4 aromatic rings. The van der Waals surface area contributed by atoms with Gasteiger partial charge in [-0.2, -0.15) is 0 Å². The Morgan fingerprint density at radius 3 is 1.36 bits per heavy atom. The molecule has 0 saturated carbocycles. The van der Waals surface area contributed by atoms with Crippen molar-refractivity contribution >= 4 is 69.7 Å². The number of nitrogens with zero attached hydrogens (tertiary/aromatic N) is 6. The number of imide groups is 2. The number of carbonyl (C=O) groups excluding carboxylic acids is 6. The summed E-state index contributed by atoms with van der Waals surface area (Å²) in [5.74, 6) is 0.991. The normalized spacial score (nSPS) is 20.2. The van der Waals surface area contributed by atoms with E-state index in [2.05, 4.69) is 56.3 Å². The predicted octanol–water partition coefficient (Wildman–Crippen LogP) is 9.64. The van der Waals surface area contributed by atoms with Gasteiger partial charge in [0.05, 0.1) is 70.4 Å². The first-order valence-corrected chi connectivity index (χ1v) is 34.3. The molecule has 0 spiro atoms. The van der Waals surface area contributed by atoms with Crippen molar-refractivity contribution in [3.63, 3.8) is 0 Å². The zero-order chi connectivity index (χ0) is 70.5. The van der Waals surface area contributed by atoms with Crippen molar-refractivity contribution in [2.45, 2.75) is 145 Å². The van der Waals surface area contributed by atoms with Gasteiger partial charge in [-0.3, -0.25) is 59.4 Å². The molecule has 0 radical (unpaired) electrons. The molecule has 7 N–H and O–H groups in total. The zero-order valence-electron chi connectivity index (χ0n) is 58.3. The van der Waals surface area contributed by atoms with Crippen molar-refractivity contribution in [3.8, 4) is 11.5 Å². The molecule has 6 heterocycles. The van der Waals surface area contributed by atoms with E-state index in [1.807, 2.05) is 75.9 Å². The van der Waals surface area contributed by atoms with E-state index in [0.29, 0.717) is 125 Å². The number of aliphatic imine (C=N–C) groups is 2. The fraction of sp³-hybridized carbons (Fsp3) is 0.447. The number of aliphatic hydroxyl groups excluding tert-OH is 2. The highest BCUT2D eigenvalue weighted by Gasteiger charge is 2.44. The Hall–Kier alpha value is -9.22. The van der Waals surface area contributed by atoms with Gasteiger partial charge in [-0.15, -0.1) is 0 Å². The van der Waals surface area contributed by atoms with Crippen LogP contribution < -0.4 is 25.4 Å². The van der Waals surface area contributed by atoms with Crippen LogP contribution in [-0.2, 0) is 27.2 Å². The van der Waals surface area contributed by atoms with Crippen LogP contribution in [-0.4, -0.2) is 191 Å². The van der Waals surface area contributed by atoms with Gasteiger partial charge in [0.15, 0.2) is 17.5 Å². The second-order valence-electron chi connectivity index (χ2n) is 25.8. The Morgan fingerprint density at radius 1 is 0.592 bits per heavy atom. The minimum absolute atomic E-state index is 0.0625. The first kappa shape index (κ1) is 73.0. The van der Waals surface area contributed by atoms with Gasteiger partial charge in [-0.1, -0.05) is 68.3 Å². The molecular weight excluding hydrogens is 1240 g/mol. The van der Waals surface area contributed by atoms with E-state index in [4.69, 9.17) is 20.3 Å². The average Bonchev–Trinajstić information content (AvgIpc) is 1.60. The van der Waals surface area contributed by atoms with Gasteiger partial charge in [0.25, 0.3) is 23.6 Å². The number of hydrogen-bond acceptors (Lipinski definition) is 19. The lowest BCUT2D eigenvalue weighted by Crippen LogP contribution is -2.48. The Kier molecular flexibility index (Phi) is 24.9. The number of allylic oxidation sites excluding steroid dienone is 8. The van der Waals surface area contributed by atoms with Crippen molar-refractivity contribution in [3.05, 3.63) is 163 Å². The van der Waals surface area contributed by atoms with E-state index in [0.717, 1.165) is 65.0 Å². The molecule has 2 fully saturated rings. The number of rotatable bonds is 16. The summed E-state index contributed by atoms with van der Waals surface area (Å²) < 4.78 is 16.2. The maximum atomic E-state index is 13.4. The van der Waals surface area contributed by atoms with Crippen LogP contribution in [0.2, 0.25) is 0 Å². The van der Waals surface area contributed by atoms with Gasteiger partial charge in [0, 0.05) is 80.5 Å². The summed E-state index contributed by atoms with van der Waals surface area (Å²) in [6.45, 7) is 27.0. The number of hydrogen-bond donors (Lipinski definition) is 7. The van der Waals surface area contributed by atoms with Gasteiger partial charge < -0.3 is 50.2 Å². The van der Waals surface area contributed by atoms with Gasteiger partial charge in [0.1, 0.15) is 36.9 Å². The monoisotopic (exact) mass is 1340 g/mol. The summed E-state index contributed by atoms with van der Waals surface area (Å²) in [6.07, 6.45) is 9.52. The van der Waals surface area contributed by atoms with Crippen molar-refractivity contribution in [2.24, 2.45) is 9.98 Å². The van der Waals surface area contributed by atoms with E-state index < -0.39 is 12.2 Å². The zero-order valence-corrected chi connectivity index (χ0v) is 58.3. The predicted molar refractivity (Wildman–Crippen MR) is 382 cm³/mol. The van der Waals surface area contributed by atoms with E-state index >= 15 is 0 Å². The molecule has 12 rings (SSSR count). The maximum absolute atomic E-state index is 13.4. The fourth-order valence-electron chi connectivity index (χ4n) is 13.3. The quantitative estimate of drug-likeness (QED) is 0.0238. The number of ether oxygens (including phenoxy) is 3. The van der Waals surface area contributed by atoms with Crippen LogP contribution in [0, 0.1) is 38.5 Å². The molecule has 0 unspecified atom stereocenters. The van der Waals surface area contributed by atoms with E-state index in [1.54, 1.807) is 62.4 Å². The first-order valence-electron chi connectivity index (χ1n) is 34.3. The van der Waals surface area contributed by atoms with Crippen LogP contribution >= 0.6 is 0 Å². The molecule has 520 valence electrons. The average molecular weight is 1340 g/mol. The fourth-order valence-corrected chi connectivity index (χ4v) is 13.3. The van der Waals surface area contributed by atoms with Gasteiger partial charge in [0.2, 0.25) is 0 Å². The molecule has 22 heteroatoms. The molecule has 22 nitrogen and oxygen atoms in total. The third kappa shape index (κ3) is 17.4. The van der Waals surface area contributed by atoms with Crippen LogP contribution in [0.3, 0.4) is 0 Å². The minimum Gasteiger partial charge on any atom is -0.491 e. The highest BCUT2D eigenvalue weighted by atomic mass is 16.5. The standard InChI is InChI=1S/C34H37N5O5.C32H34N4O5.C6H15N.C4H9NO/c1-19-7-8-31(20(2)13-19)44-18-24(40)17-36-27-5-4-6-30(41)32(27)29-15-22-14-25-26(16-28(22)37-29)34(43)39(33(25)42)23-9-11-38(12-10-23)21(3)35;1-18-6-7-29(19(2)12-18)41-17-22(37)16-34-25-4-3-5-28(38)30(25)27-14-20-13-23-24(15-26(20)35-27)32(40)36(31(23)39)21-8-10-33-11-9-21;1-4-7(5-2)6-3;1-3-6-4(2)5/h4-5,7-8,13-14,16,23-24,35,37,40H,6,9-12,15,17-18H2,1-3H3;3-4,6-7,12-13,15,21-22,33,35,37H,5,8-11,14,16-17H2,1-2H3;4-6H2,1-3H3;5H,3H2,1-2H3/t24-;22-;;/m11../s1. The highest BCUT2D eigenvalue weighted by molar-refractivity contribution is 6.30. The molecule has 2 aliphatic carbocycles. The number of amidine groups is 1. The van der Waals surface area contributed by atoms with E-state index in [-0.39, 0.29) is 92.3 Å². The second-order valence-corrected chi connectivity index (χ2v) is 25.8. The summed E-state index contributed by atoms with van der Waals surface area (Å²) in [5.41, 5.74) is 12.3. The summed E-state index contributed by atoms with van der Waals surface area (Å²) in [6, 6.07) is 18.5. The summed E-state index contributed by atoms with van der Waals surface area (Å²) in [5, 5.41) is 45.6. The summed E-state index contributed by atoms with van der Waals surface area (Å²) in [4.78, 5) is 95.8. The van der Waals surface area contributed by atoms with Crippen LogP contribution in [0.5, 0.6) is 11.5 Å². The van der Waals surface area contributed by atoms with Gasteiger partial charge >= 0.3 is 0 Å². The third-order valence-corrected chi connectivity index (χ3v) is 18.6. The van der Waals surface area contributed by atoms with Crippen LogP contribution in [0.25, 0.3) is 0 Å². The molecule has 4 amide bonds. The molecule has 98 heavy (non-hydrogen) atoms. The topological polar surface area (TPSA) is 292 Å². The number of carbonyl (C=O) groups is 6. The number of piperidine rings is 2. The third-order valence-electron chi connectivity index (χ3n) is 18.6. The number of benzene rings is 4. The Bertz CT molecular complexity index is 3840. The largest absolute Gasteiger partial charge is 0.491 e. The number of likely N-dealkylation sites (tertiary alicyclic amines) is 1. The molecule has 0 bridgehead atoms. The Labute approximate surface area is 575 Å². The highest BCUT2D eigenvalue weighted by Crippen LogP contribution is 2.40. The molecular formula is C76H95N11O11. The Morgan fingerprint density at radius 2 is 1.00 bits per heavy atom. The summed E-state index contributed by atoms with van der Waals surface area (Å²) in [7, 11) is 0. The first-order chi connectivity index (χ1) is 47.0. The van der Waals surface area contributed by atoms with Crippen LogP contribution in [0.4, 0.5) is 11.4 Å². The van der Waals surface area contributed by atoms with Crippen molar-refractivity contribution < 1.29 is 53.2 Å². The number of aryl methyl sites for hydroxylation is 4. The lowest BCUT2D eigenvalue weighted by Gasteiger charge is -2.36. The lowest BCUT2D eigenvalue weighted by molar-refractivity contribution is -0.115. The Balaban J connectivity index is 0.000000194. The SMILES string of the molecule is CC(=N)N1CCC(N2C(=O)c3cc4c(cc3C2=O)NC(=C2C(=O)CC=CC2=NC[C@@H](O)COc2ccc(C)cc2C)C4)CC1.CCN(CC)CC.CCOC(C)=N.Cc1ccc(OC[C@H](O)CN=C2C=CCC(=O)C2=C2Cc3cc4c(cc3N2)C(=O)N(C2CCNCC2)C4=O)c(C)c1. The molecule has 0 aromatic heterocycles. The molecule has 2 atom stereocenters. The lowest BCUT2D eigenvalue weighted by atomic mass is 9.94. The van der Waals surface area contributed by atoms with Crippen LogP contribution in [0.1, 0.15) is 155 Å². The van der Waals surface area contributed by atoms with Crippen molar-refractivity contribution in [2.75, 3.05) is 89.4 Å². The number of ketones is 2. The maximum Gasteiger partial charge on any atom is 0.261 e.